The number of hydrogen-bond donors (Lipinski definition) is 2. The molecule has 0 aromatic carbocycles. The van der Waals surface area contributed by atoms with Gasteiger partial charge in [-0.15, -0.1) is 0 Å². The van der Waals surface area contributed by atoms with E-state index in [1.807, 2.05) is 19.2 Å². The molecule has 2 aliphatic heterocycles. The van der Waals surface area contributed by atoms with Crippen LogP contribution in [0.25, 0.3) is 0 Å². The highest BCUT2D eigenvalue weighted by Crippen LogP contribution is 2.32. The van der Waals surface area contributed by atoms with Crippen molar-refractivity contribution in [1.82, 2.24) is 15.2 Å². The van der Waals surface area contributed by atoms with Crippen LogP contribution in [0.5, 0.6) is 5.75 Å². The number of rotatable bonds is 6. The summed E-state index contributed by atoms with van der Waals surface area (Å²) in [6.45, 7) is 8.28. The first-order valence-electron chi connectivity index (χ1n) is 13.5. The number of nitrogens with zero attached hydrogens (tertiary/aromatic N) is 3. The molecule has 2 aliphatic carbocycles. The lowest BCUT2D eigenvalue weighted by atomic mass is 9.84. The maximum atomic E-state index is 10.5. The predicted molar refractivity (Wildman–Crippen MR) is 135 cm³/mol. The molecule has 3 heterocycles. The van der Waals surface area contributed by atoms with Crippen LogP contribution in [0, 0.1) is 5.92 Å². The highest BCUT2D eigenvalue weighted by atomic mass is 16.5. The van der Waals surface area contributed by atoms with Crippen molar-refractivity contribution < 1.29 is 14.6 Å². The minimum Gasteiger partial charge on any atom is -0.493 e. The molecule has 4 aliphatic rings. The quantitative estimate of drug-likeness (QED) is 0.617. The molecule has 0 spiro atoms. The molecule has 0 atom stereocenters. The van der Waals surface area contributed by atoms with Crippen LogP contribution in [-0.2, 0) is 11.2 Å². The lowest BCUT2D eigenvalue weighted by Gasteiger charge is -2.37. The van der Waals surface area contributed by atoms with Crippen molar-refractivity contribution in [3.8, 4) is 5.75 Å². The van der Waals surface area contributed by atoms with Gasteiger partial charge in [0.2, 0.25) is 6.41 Å². The zero-order valence-corrected chi connectivity index (χ0v) is 21.0. The second-order valence-corrected chi connectivity index (χ2v) is 10.9. The predicted octanol–water partition coefficient (Wildman–Crippen LogP) is 3.53. The van der Waals surface area contributed by atoms with Gasteiger partial charge in [-0.3, -0.25) is 9.69 Å². The van der Waals surface area contributed by atoms with Gasteiger partial charge in [-0.25, -0.2) is 4.98 Å². The van der Waals surface area contributed by atoms with Crippen molar-refractivity contribution in [3.63, 3.8) is 0 Å². The maximum Gasteiger partial charge on any atom is 0.207 e. The molecular weight excluding hydrogens is 428 g/mol. The third-order valence-electron chi connectivity index (χ3n) is 8.21. The molecular formula is C27H44N4O3. The SMILES string of the molecule is CC1(O)CCCCC1.O=CNC1CCC(CCN2CCN(c3nccc4c3CCO4)CC2)CC1. The summed E-state index contributed by atoms with van der Waals surface area (Å²) in [5.74, 6) is 2.99. The zero-order valence-electron chi connectivity index (χ0n) is 21.0. The van der Waals surface area contributed by atoms with E-state index in [4.69, 9.17) is 4.74 Å². The summed E-state index contributed by atoms with van der Waals surface area (Å²) in [5, 5.41) is 12.3. The Bertz CT molecular complexity index is 763. The van der Waals surface area contributed by atoms with Gasteiger partial charge in [0, 0.05) is 50.4 Å². The largest absolute Gasteiger partial charge is 0.493 e. The fourth-order valence-corrected chi connectivity index (χ4v) is 5.95. The van der Waals surface area contributed by atoms with E-state index in [-0.39, 0.29) is 5.60 Å². The van der Waals surface area contributed by atoms with Crippen LogP contribution in [0.4, 0.5) is 5.82 Å². The minimum atomic E-state index is -0.321. The van der Waals surface area contributed by atoms with Crippen LogP contribution >= 0.6 is 0 Å². The van der Waals surface area contributed by atoms with E-state index < -0.39 is 0 Å². The van der Waals surface area contributed by atoms with Crippen LogP contribution in [0.3, 0.4) is 0 Å². The third-order valence-corrected chi connectivity index (χ3v) is 8.21. The Morgan fingerprint density at radius 1 is 1.15 bits per heavy atom. The van der Waals surface area contributed by atoms with Gasteiger partial charge in [0.05, 0.1) is 12.2 Å². The molecule has 190 valence electrons. The topological polar surface area (TPSA) is 77.9 Å². The molecule has 34 heavy (non-hydrogen) atoms. The number of pyridine rings is 1. The summed E-state index contributed by atoms with van der Waals surface area (Å²) in [5.41, 5.74) is 0.972. The number of aromatic nitrogens is 1. The van der Waals surface area contributed by atoms with Gasteiger partial charge in [0.1, 0.15) is 11.6 Å². The van der Waals surface area contributed by atoms with Crippen molar-refractivity contribution in [3.05, 3.63) is 17.8 Å². The van der Waals surface area contributed by atoms with Gasteiger partial charge in [0.15, 0.2) is 0 Å². The van der Waals surface area contributed by atoms with Gasteiger partial charge in [-0.05, 0) is 70.4 Å². The number of amides is 1. The summed E-state index contributed by atoms with van der Waals surface area (Å²) >= 11 is 0. The van der Waals surface area contributed by atoms with Crippen molar-refractivity contribution >= 4 is 12.2 Å². The fourth-order valence-electron chi connectivity index (χ4n) is 5.95. The highest BCUT2D eigenvalue weighted by Gasteiger charge is 2.26. The van der Waals surface area contributed by atoms with E-state index in [0.717, 1.165) is 88.8 Å². The van der Waals surface area contributed by atoms with Crippen LogP contribution < -0.4 is 15.0 Å². The van der Waals surface area contributed by atoms with E-state index in [2.05, 4.69) is 20.1 Å². The second kappa shape index (κ2) is 12.2. The highest BCUT2D eigenvalue weighted by molar-refractivity contribution is 5.55. The third kappa shape index (κ3) is 7.08. The Balaban J connectivity index is 0.000000291. The molecule has 7 nitrogen and oxygen atoms in total. The van der Waals surface area contributed by atoms with E-state index in [0.29, 0.717) is 6.04 Å². The monoisotopic (exact) mass is 472 g/mol. The van der Waals surface area contributed by atoms with E-state index >= 15 is 0 Å². The normalized spacial score (nSPS) is 26.6. The number of ether oxygens (including phenoxy) is 1. The van der Waals surface area contributed by atoms with Crippen molar-refractivity contribution in [2.75, 3.05) is 44.2 Å². The number of hydrogen-bond acceptors (Lipinski definition) is 6. The van der Waals surface area contributed by atoms with Gasteiger partial charge in [0.25, 0.3) is 0 Å². The average Bonchev–Trinajstić information content (AvgIpc) is 3.34. The first-order valence-corrected chi connectivity index (χ1v) is 13.5. The molecule has 0 unspecified atom stereocenters. The molecule has 1 amide bonds. The van der Waals surface area contributed by atoms with Crippen LogP contribution in [0.15, 0.2) is 12.3 Å². The molecule has 7 heteroatoms. The fraction of sp³-hybridized carbons (Fsp3) is 0.778. The molecule has 2 N–H and O–H groups in total. The van der Waals surface area contributed by atoms with E-state index in [9.17, 15) is 9.90 Å². The molecule has 0 radical (unpaired) electrons. The van der Waals surface area contributed by atoms with Crippen LogP contribution in [-0.4, -0.2) is 72.4 Å². The molecule has 5 rings (SSSR count). The smallest absolute Gasteiger partial charge is 0.207 e. The Hall–Kier alpha value is -1.86. The van der Waals surface area contributed by atoms with E-state index in [1.165, 1.54) is 50.6 Å². The summed E-state index contributed by atoms with van der Waals surface area (Å²) in [6.07, 6.45) is 15.6. The van der Waals surface area contributed by atoms with Crippen molar-refractivity contribution in [2.24, 2.45) is 5.92 Å². The molecule has 3 fully saturated rings. The summed E-state index contributed by atoms with van der Waals surface area (Å²) in [6, 6.07) is 2.40. The summed E-state index contributed by atoms with van der Waals surface area (Å²) in [4.78, 5) is 20.2. The number of anilines is 1. The second-order valence-electron chi connectivity index (χ2n) is 10.9. The molecule has 1 aromatic heterocycles. The Morgan fingerprint density at radius 2 is 1.88 bits per heavy atom. The maximum absolute atomic E-state index is 10.5. The number of aliphatic hydroxyl groups is 1. The minimum absolute atomic E-state index is 0.321. The first kappa shape index (κ1) is 25.2. The lowest BCUT2D eigenvalue weighted by Crippen LogP contribution is -2.47. The molecule has 2 saturated carbocycles. The molecule has 1 saturated heterocycles. The number of carbonyl (C=O) groups excluding carboxylic acids is 1. The number of fused-ring (bicyclic) bond motifs is 1. The number of nitrogens with one attached hydrogen (secondary N) is 1. The Labute approximate surface area is 205 Å². The zero-order chi connectivity index (χ0) is 23.8. The standard InChI is InChI=1S/C20H30N4O2.C7H14O/c25-15-22-17-3-1-16(2-4-17)6-9-23-10-12-24(13-11-23)20-18-7-14-26-19(18)5-8-21-20;1-7(8)5-3-2-4-6-7/h5,8,15-17H,1-4,6-7,9-14H2,(H,22,25);8H,2-6H2,1H3. The molecule has 1 aromatic rings. The Kier molecular flexibility index (Phi) is 9.06. The van der Waals surface area contributed by atoms with Gasteiger partial charge in [-0.1, -0.05) is 19.3 Å². The Morgan fingerprint density at radius 3 is 2.53 bits per heavy atom. The first-order chi connectivity index (χ1) is 16.5. The van der Waals surface area contributed by atoms with Crippen LogP contribution in [0.1, 0.15) is 76.7 Å². The lowest BCUT2D eigenvalue weighted by molar-refractivity contribution is -0.110. The van der Waals surface area contributed by atoms with Gasteiger partial charge < -0.3 is 20.1 Å². The molecule has 0 bridgehead atoms. The van der Waals surface area contributed by atoms with Gasteiger partial charge in [-0.2, -0.15) is 0 Å². The van der Waals surface area contributed by atoms with E-state index in [1.54, 1.807) is 0 Å². The average molecular weight is 473 g/mol. The number of piperazine rings is 1. The van der Waals surface area contributed by atoms with Crippen molar-refractivity contribution in [1.29, 1.82) is 0 Å². The van der Waals surface area contributed by atoms with Crippen molar-refractivity contribution in [2.45, 2.75) is 89.2 Å². The number of carbonyl (C=O) groups is 1. The summed E-state index contributed by atoms with van der Waals surface area (Å²) < 4.78 is 5.68. The van der Waals surface area contributed by atoms with Crippen LogP contribution in [0.2, 0.25) is 0 Å². The summed E-state index contributed by atoms with van der Waals surface area (Å²) in [7, 11) is 0. The van der Waals surface area contributed by atoms with Gasteiger partial charge >= 0.3 is 0 Å².